The monoisotopic (exact) mass is 353 g/mol. The number of fused-ring (bicyclic) bond motifs is 1. The third-order valence-electron chi connectivity index (χ3n) is 6.02. The number of phenolic OH excluding ortho intramolecular Hbond substituents is 1. The first kappa shape index (κ1) is 17.5. The molecule has 3 N–H and O–H groups in total. The van der Waals surface area contributed by atoms with Gasteiger partial charge < -0.3 is 15.3 Å². The number of aliphatic hydroxyl groups excluding tert-OH is 1. The molecule has 0 aromatic heterocycles. The van der Waals surface area contributed by atoms with Crippen molar-refractivity contribution >= 4 is 0 Å². The van der Waals surface area contributed by atoms with Crippen LogP contribution < -0.4 is 0 Å². The Labute approximate surface area is 154 Å². The van der Waals surface area contributed by atoms with Crippen LogP contribution in [0.25, 0.3) is 0 Å². The smallest absolute Gasteiger partial charge is 0.115 e. The molecular weight excluding hydrogens is 326 g/mol. The van der Waals surface area contributed by atoms with Gasteiger partial charge in [0.25, 0.3) is 0 Å². The summed E-state index contributed by atoms with van der Waals surface area (Å²) in [6.45, 7) is 2.49. The zero-order valence-corrected chi connectivity index (χ0v) is 15.0. The van der Waals surface area contributed by atoms with Gasteiger partial charge >= 0.3 is 0 Å². The minimum absolute atomic E-state index is 0.217. The Morgan fingerprint density at radius 1 is 0.962 bits per heavy atom. The van der Waals surface area contributed by atoms with E-state index in [0.717, 1.165) is 37.9 Å². The summed E-state index contributed by atoms with van der Waals surface area (Å²) < 4.78 is 0. The van der Waals surface area contributed by atoms with Crippen LogP contribution in [0, 0.1) is 11.8 Å². The van der Waals surface area contributed by atoms with Crippen molar-refractivity contribution < 1.29 is 15.3 Å². The fourth-order valence-electron chi connectivity index (χ4n) is 4.87. The number of likely N-dealkylation sites (tertiary alicyclic amines) is 1. The Kier molecular flexibility index (Phi) is 4.74. The molecule has 2 aliphatic rings. The number of benzene rings is 2. The van der Waals surface area contributed by atoms with Gasteiger partial charge in [0.15, 0.2) is 0 Å². The third-order valence-corrected chi connectivity index (χ3v) is 6.02. The molecule has 0 spiro atoms. The van der Waals surface area contributed by atoms with E-state index in [-0.39, 0.29) is 5.75 Å². The van der Waals surface area contributed by atoms with E-state index in [4.69, 9.17) is 0 Å². The molecule has 1 heterocycles. The van der Waals surface area contributed by atoms with Gasteiger partial charge in [0.05, 0.1) is 11.7 Å². The van der Waals surface area contributed by atoms with Crippen molar-refractivity contribution in [2.45, 2.75) is 31.0 Å². The number of aliphatic hydroxyl groups is 2. The molecule has 26 heavy (non-hydrogen) atoms. The predicted molar refractivity (Wildman–Crippen MR) is 101 cm³/mol. The van der Waals surface area contributed by atoms with Crippen molar-refractivity contribution in [1.82, 2.24) is 4.90 Å². The van der Waals surface area contributed by atoms with E-state index in [1.165, 1.54) is 5.56 Å². The first-order valence-electron chi connectivity index (χ1n) is 9.46. The Hall–Kier alpha value is -1.88. The molecule has 1 aliphatic carbocycles. The number of aromatic hydroxyl groups is 1. The zero-order valence-electron chi connectivity index (χ0n) is 15.0. The maximum absolute atomic E-state index is 11.0. The van der Waals surface area contributed by atoms with Crippen molar-refractivity contribution in [2.75, 3.05) is 19.6 Å². The van der Waals surface area contributed by atoms with Gasteiger partial charge in [-0.15, -0.1) is 0 Å². The van der Waals surface area contributed by atoms with Crippen molar-refractivity contribution in [3.63, 3.8) is 0 Å². The Balaban J connectivity index is 1.32. The molecule has 0 unspecified atom stereocenters. The summed E-state index contributed by atoms with van der Waals surface area (Å²) >= 11 is 0. The summed E-state index contributed by atoms with van der Waals surface area (Å²) in [6.07, 6.45) is 1.88. The van der Waals surface area contributed by atoms with E-state index < -0.39 is 11.7 Å². The Bertz CT molecular complexity index is 717. The molecule has 0 bridgehead atoms. The Morgan fingerprint density at radius 3 is 2.19 bits per heavy atom. The molecule has 138 valence electrons. The molecule has 1 aliphatic heterocycles. The van der Waals surface area contributed by atoms with Crippen molar-refractivity contribution in [1.29, 1.82) is 0 Å². The van der Waals surface area contributed by atoms with Gasteiger partial charge in [0, 0.05) is 26.1 Å². The summed E-state index contributed by atoms with van der Waals surface area (Å²) in [5.74, 6) is 1.24. The number of nitrogens with zero attached hydrogens (tertiary/aromatic N) is 1. The number of rotatable bonds is 5. The standard InChI is InChI=1S/C22H27NO3/c24-20-8-6-17(7-9-20)21(25)15-23-13-18-11-22(26,12-19(18)14-23)10-16-4-2-1-3-5-16/h1-9,18-19,21,24-26H,10-15H2/t18-,19-,21-/m1/s1. The lowest BCUT2D eigenvalue weighted by Gasteiger charge is -2.27. The van der Waals surface area contributed by atoms with Crippen LogP contribution in [0.3, 0.4) is 0 Å². The highest BCUT2D eigenvalue weighted by Crippen LogP contribution is 2.45. The highest BCUT2D eigenvalue weighted by Gasteiger charge is 2.48. The molecule has 0 radical (unpaired) electrons. The van der Waals surface area contributed by atoms with Crippen LogP contribution in [0.1, 0.15) is 30.1 Å². The van der Waals surface area contributed by atoms with Crippen LogP contribution in [0.15, 0.2) is 54.6 Å². The lowest BCUT2D eigenvalue weighted by atomic mass is 9.91. The zero-order chi connectivity index (χ0) is 18.1. The predicted octanol–water partition coefficient (Wildman–Crippen LogP) is 2.74. The second-order valence-electron chi connectivity index (χ2n) is 8.14. The molecule has 2 aromatic rings. The highest BCUT2D eigenvalue weighted by atomic mass is 16.3. The van der Waals surface area contributed by atoms with Crippen molar-refractivity contribution in [2.24, 2.45) is 11.8 Å². The first-order valence-corrected chi connectivity index (χ1v) is 9.46. The highest BCUT2D eigenvalue weighted by molar-refractivity contribution is 5.27. The average Bonchev–Trinajstić information content (AvgIpc) is 3.10. The second-order valence-corrected chi connectivity index (χ2v) is 8.14. The van der Waals surface area contributed by atoms with Crippen molar-refractivity contribution in [3.05, 3.63) is 65.7 Å². The average molecular weight is 353 g/mol. The van der Waals surface area contributed by atoms with Gasteiger partial charge in [-0.25, -0.2) is 0 Å². The lowest BCUT2D eigenvalue weighted by molar-refractivity contribution is 0.0328. The normalized spacial score (nSPS) is 25.9. The van der Waals surface area contributed by atoms with Crippen LogP contribution in [-0.4, -0.2) is 45.5 Å². The molecule has 3 atom stereocenters. The summed E-state index contributed by atoms with van der Waals surface area (Å²) in [6, 6.07) is 17.0. The van der Waals surface area contributed by atoms with Gasteiger partial charge in [0.2, 0.25) is 0 Å². The summed E-state index contributed by atoms with van der Waals surface area (Å²) in [7, 11) is 0. The van der Waals surface area contributed by atoms with Gasteiger partial charge in [-0.05, 0) is 47.9 Å². The molecule has 1 saturated heterocycles. The Morgan fingerprint density at radius 2 is 1.58 bits per heavy atom. The third kappa shape index (κ3) is 3.78. The van der Waals surface area contributed by atoms with E-state index in [2.05, 4.69) is 17.0 Å². The minimum atomic E-state index is -0.585. The first-order chi connectivity index (χ1) is 12.5. The van der Waals surface area contributed by atoms with E-state index in [9.17, 15) is 15.3 Å². The summed E-state index contributed by atoms with van der Waals surface area (Å²) in [5, 5.41) is 30.9. The van der Waals surface area contributed by atoms with E-state index >= 15 is 0 Å². The van der Waals surface area contributed by atoms with Gasteiger partial charge in [-0.1, -0.05) is 42.5 Å². The van der Waals surface area contributed by atoms with Crippen LogP contribution in [0.2, 0.25) is 0 Å². The molecule has 2 aromatic carbocycles. The van der Waals surface area contributed by atoms with Gasteiger partial charge in [0.1, 0.15) is 5.75 Å². The van der Waals surface area contributed by atoms with Crippen LogP contribution >= 0.6 is 0 Å². The molecule has 0 amide bonds. The van der Waals surface area contributed by atoms with Crippen molar-refractivity contribution in [3.8, 4) is 5.75 Å². The molecule has 4 heteroatoms. The van der Waals surface area contributed by atoms with Crippen LogP contribution in [-0.2, 0) is 6.42 Å². The SMILES string of the molecule is Oc1ccc([C@H](O)CN2C[C@H]3CC(O)(Cc4ccccc4)C[C@@H]3C2)cc1. The minimum Gasteiger partial charge on any atom is -0.508 e. The topological polar surface area (TPSA) is 63.9 Å². The number of hydrogen-bond donors (Lipinski definition) is 3. The molecule has 4 rings (SSSR count). The van der Waals surface area contributed by atoms with Crippen LogP contribution in [0.5, 0.6) is 5.75 Å². The fraction of sp³-hybridized carbons (Fsp3) is 0.455. The number of phenols is 1. The largest absolute Gasteiger partial charge is 0.508 e. The van der Waals surface area contributed by atoms with Crippen LogP contribution in [0.4, 0.5) is 0 Å². The van der Waals surface area contributed by atoms with E-state index in [1.807, 2.05) is 18.2 Å². The maximum Gasteiger partial charge on any atom is 0.115 e. The molecule has 2 fully saturated rings. The molecule has 1 saturated carbocycles. The van der Waals surface area contributed by atoms with Gasteiger partial charge in [-0.2, -0.15) is 0 Å². The summed E-state index contributed by atoms with van der Waals surface area (Å²) in [4.78, 5) is 2.31. The van der Waals surface area contributed by atoms with E-state index in [1.54, 1.807) is 24.3 Å². The number of β-amino-alcohol motifs (C(OH)–C–C–N with tert-alkyl or cyclic N) is 1. The quantitative estimate of drug-likeness (QED) is 0.773. The van der Waals surface area contributed by atoms with Gasteiger partial charge in [-0.3, -0.25) is 4.90 Å². The molecule has 4 nitrogen and oxygen atoms in total. The summed E-state index contributed by atoms with van der Waals surface area (Å²) in [5.41, 5.74) is 1.45. The lowest BCUT2D eigenvalue weighted by Crippen LogP contribution is -2.33. The second kappa shape index (κ2) is 7.03. The maximum atomic E-state index is 11.0. The number of hydrogen-bond acceptors (Lipinski definition) is 4. The molecular formula is C22H27NO3. The van der Waals surface area contributed by atoms with E-state index in [0.29, 0.717) is 18.4 Å². The fourth-order valence-corrected chi connectivity index (χ4v) is 4.87.